The lowest BCUT2D eigenvalue weighted by Gasteiger charge is -2.28. The fourth-order valence-electron chi connectivity index (χ4n) is 2.38. The Morgan fingerprint density at radius 3 is 2.94 bits per heavy atom. The van der Waals surface area contributed by atoms with Crippen molar-refractivity contribution in [2.45, 2.75) is 31.4 Å². The Bertz CT molecular complexity index is 388. The first-order valence-corrected chi connectivity index (χ1v) is 5.96. The zero-order valence-corrected chi connectivity index (χ0v) is 9.32. The van der Waals surface area contributed by atoms with Crippen LogP contribution in [-0.2, 0) is 11.2 Å². The topological polar surface area (TPSA) is 44.5 Å². The first-order valence-electron chi connectivity index (χ1n) is 5.96. The molecule has 0 bridgehead atoms. The van der Waals surface area contributed by atoms with Gasteiger partial charge in [0.25, 0.3) is 0 Å². The van der Waals surface area contributed by atoms with Gasteiger partial charge in [-0.25, -0.2) is 0 Å². The van der Waals surface area contributed by atoms with E-state index < -0.39 is 0 Å². The van der Waals surface area contributed by atoms with Crippen molar-refractivity contribution in [2.75, 3.05) is 13.2 Å². The van der Waals surface area contributed by atoms with E-state index in [4.69, 9.17) is 15.2 Å². The van der Waals surface area contributed by atoms with Crippen LogP contribution >= 0.6 is 0 Å². The predicted octanol–water partition coefficient (Wildman–Crippen LogP) is 1.80. The third-order valence-corrected chi connectivity index (χ3v) is 3.39. The minimum Gasteiger partial charge on any atom is -0.486 e. The molecule has 1 heterocycles. The lowest BCUT2D eigenvalue weighted by atomic mass is 9.88. The van der Waals surface area contributed by atoms with Gasteiger partial charge in [-0.15, -0.1) is 0 Å². The van der Waals surface area contributed by atoms with Crippen LogP contribution in [0.1, 0.15) is 30.0 Å². The van der Waals surface area contributed by atoms with Crippen molar-refractivity contribution in [3.05, 3.63) is 29.3 Å². The van der Waals surface area contributed by atoms with E-state index in [1.807, 2.05) is 6.07 Å². The van der Waals surface area contributed by atoms with E-state index in [9.17, 15) is 0 Å². The number of rotatable bonds is 2. The van der Waals surface area contributed by atoms with Crippen molar-refractivity contribution in [3.8, 4) is 5.75 Å². The molecule has 1 aromatic carbocycles. The number of hydrogen-bond acceptors (Lipinski definition) is 3. The molecule has 3 heteroatoms. The number of fused-ring (bicyclic) bond motifs is 1. The Kier molecular flexibility index (Phi) is 2.58. The highest BCUT2D eigenvalue weighted by molar-refractivity contribution is 5.39. The fourth-order valence-corrected chi connectivity index (χ4v) is 2.38. The van der Waals surface area contributed by atoms with Crippen molar-refractivity contribution < 1.29 is 9.47 Å². The summed E-state index contributed by atoms with van der Waals surface area (Å²) in [6.07, 6.45) is 3.66. The molecular formula is C13H17NO2. The Balaban J connectivity index is 1.80. The van der Waals surface area contributed by atoms with Crippen LogP contribution in [0.3, 0.4) is 0 Å². The van der Waals surface area contributed by atoms with Crippen LogP contribution < -0.4 is 10.5 Å². The van der Waals surface area contributed by atoms with E-state index in [2.05, 4.69) is 12.1 Å². The smallest absolute Gasteiger partial charge is 0.145 e. The lowest BCUT2D eigenvalue weighted by molar-refractivity contribution is -0.0797. The van der Waals surface area contributed by atoms with Gasteiger partial charge in [0.1, 0.15) is 11.9 Å². The molecule has 3 rings (SSSR count). The molecule has 0 amide bonds. The van der Waals surface area contributed by atoms with E-state index in [-0.39, 0.29) is 12.1 Å². The monoisotopic (exact) mass is 219 g/mol. The number of benzene rings is 1. The standard InChI is InChI=1S/C13H17NO2/c14-13-3-1-2-9-6-10(4-5-12(9)13)16-11-7-15-8-11/h4-6,11,13H,1-3,7-8,14H2. The van der Waals surface area contributed by atoms with Gasteiger partial charge in [0, 0.05) is 6.04 Å². The summed E-state index contributed by atoms with van der Waals surface area (Å²) in [5.41, 5.74) is 8.73. The van der Waals surface area contributed by atoms with Crippen molar-refractivity contribution in [2.24, 2.45) is 5.73 Å². The predicted molar refractivity (Wildman–Crippen MR) is 61.5 cm³/mol. The van der Waals surface area contributed by atoms with Crippen LogP contribution in [0.25, 0.3) is 0 Å². The molecular weight excluding hydrogens is 202 g/mol. The molecule has 1 fully saturated rings. The average molecular weight is 219 g/mol. The van der Waals surface area contributed by atoms with Crippen molar-refractivity contribution in [1.29, 1.82) is 0 Å². The molecule has 1 aliphatic heterocycles. The second-order valence-corrected chi connectivity index (χ2v) is 4.64. The number of nitrogens with two attached hydrogens (primary N) is 1. The van der Waals surface area contributed by atoms with Crippen LogP contribution in [0.15, 0.2) is 18.2 Å². The largest absolute Gasteiger partial charge is 0.486 e. The molecule has 0 aromatic heterocycles. The number of hydrogen-bond donors (Lipinski definition) is 1. The molecule has 2 N–H and O–H groups in total. The zero-order valence-electron chi connectivity index (χ0n) is 9.32. The average Bonchev–Trinajstić information content (AvgIpc) is 2.24. The van der Waals surface area contributed by atoms with E-state index >= 15 is 0 Å². The lowest BCUT2D eigenvalue weighted by Crippen LogP contribution is -2.38. The molecule has 1 aliphatic carbocycles. The first kappa shape index (κ1) is 10.1. The van der Waals surface area contributed by atoms with Crippen molar-refractivity contribution in [3.63, 3.8) is 0 Å². The first-order chi connectivity index (χ1) is 7.83. The van der Waals surface area contributed by atoms with Gasteiger partial charge in [0.2, 0.25) is 0 Å². The van der Waals surface area contributed by atoms with Gasteiger partial charge in [-0.1, -0.05) is 6.07 Å². The summed E-state index contributed by atoms with van der Waals surface area (Å²) in [5.74, 6) is 0.959. The highest BCUT2D eigenvalue weighted by Crippen LogP contribution is 2.31. The third kappa shape index (κ3) is 1.81. The summed E-state index contributed by atoms with van der Waals surface area (Å²) in [5, 5.41) is 0. The van der Waals surface area contributed by atoms with Crippen LogP contribution in [0, 0.1) is 0 Å². The van der Waals surface area contributed by atoms with Crippen LogP contribution in [-0.4, -0.2) is 19.3 Å². The number of aryl methyl sites for hydroxylation is 1. The Hall–Kier alpha value is -1.06. The van der Waals surface area contributed by atoms with Gasteiger partial charge < -0.3 is 15.2 Å². The third-order valence-electron chi connectivity index (χ3n) is 3.39. The van der Waals surface area contributed by atoms with Crippen molar-refractivity contribution >= 4 is 0 Å². The minimum atomic E-state index is 0.213. The quantitative estimate of drug-likeness (QED) is 0.825. The Morgan fingerprint density at radius 2 is 2.19 bits per heavy atom. The van der Waals surface area contributed by atoms with Crippen LogP contribution in [0.5, 0.6) is 5.75 Å². The maximum absolute atomic E-state index is 6.07. The molecule has 3 nitrogen and oxygen atoms in total. The van der Waals surface area contributed by atoms with E-state index in [1.165, 1.54) is 17.5 Å². The van der Waals surface area contributed by atoms with Crippen LogP contribution in [0.2, 0.25) is 0 Å². The summed E-state index contributed by atoms with van der Waals surface area (Å²) >= 11 is 0. The normalized spacial score (nSPS) is 24.7. The molecule has 0 radical (unpaired) electrons. The highest BCUT2D eigenvalue weighted by atomic mass is 16.6. The Labute approximate surface area is 95.5 Å². The maximum atomic E-state index is 6.07. The highest BCUT2D eigenvalue weighted by Gasteiger charge is 2.21. The molecule has 1 saturated heterocycles. The van der Waals surface area contributed by atoms with Crippen LogP contribution in [0.4, 0.5) is 0 Å². The van der Waals surface area contributed by atoms with E-state index in [0.717, 1.165) is 31.8 Å². The molecule has 1 aromatic rings. The minimum absolute atomic E-state index is 0.213. The van der Waals surface area contributed by atoms with E-state index in [1.54, 1.807) is 0 Å². The summed E-state index contributed by atoms with van der Waals surface area (Å²) in [4.78, 5) is 0. The molecule has 0 saturated carbocycles. The molecule has 86 valence electrons. The van der Waals surface area contributed by atoms with Crippen molar-refractivity contribution in [1.82, 2.24) is 0 Å². The summed E-state index contributed by atoms with van der Waals surface area (Å²) in [7, 11) is 0. The van der Waals surface area contributed by atoms with Gasteiger partial charge in [-0.2, -0.15) is 0 Å². The Morgan fingerprint density at radius 1 is 1.31 bits per heavy atom. The van der Waals surface area contributed by atoms with Gasteiger partial charge >= 0.3 is 0 Å². The van der Waals surface area contributed by atoms with Gasteiger partial charge in [0.15, 0.2) is 0 Å². The molecule has 0 spiro atoms. The second-order valence-electron chi connectivity index (χ2n) is 4.64. The second kappa shape index (κ2) is 4.07. The fraction of sp³-hybridized carbons (Fsp3) is 0.538. The van der Waals surface area contributed by atoms with Gasteiger partial charge in [0.05, 0.1) is 13.2 Å². The number of ether oxygens (including phenoxy) is 2. The SMILES string of the molecule is NC1CCCc2cc(OC3COC3)ccc21. The summed E-state index contributed by atoms with van der Waals surface area (Å²) in [6.45, 7) is 1.44. The maximum Gasteiger partial charge on any atom is 0.145 e. The van der Waals surface area contributed by atoms with Gasteiger partial charge in [-0.05, 0) is 42.5 Å². The van der Waals surface area contributed by atoms with Gasteiger partial charge in [-0.3, -0.25) is 0 Å². The molecule has 1 atom stereocenters. The summed E-state index contributed by atoms with van der Waals surface area (Å²) < 4.78 is 10.9. The van der Waals surface area contributed by atoms with E-state index in [0.29, 0.717) is 0 Å². The molecule has 16 heavy (non-hydrogen) atoms. The zero-order chi connectivity index (χ0) is 11.0. The molecule has 2 aliphatic rings. The molecule has 1 unspecified atom stereocenters. The summed E-state index contributed by atoms with van der Waals surface area (Å²) in [6, 6.07) is 6.51.